The highest BCUT2D eigenvalue weighted by molar-refractivity contribution is 7.89. The number of nitrogens with zero attached hydrogens (tertiary/aromatic N) is 2. The zero-order valence-electron chi connectivity index (χ0n) is 15.5. The third kappa shape index (κ3) is 4.45. The molecule has 2 aromatic carbocycles. The molecular formula is C20H21FN2O4S. The van der Waals surface area contributed by atoms with E-state index in [4.69, 9.17) is 0 Å². The minimum Gasteiger partial charge on any atom is -0.340 e. The van der Waals surface area contributed by atoms with Crippen molar-refractivity contribution in [1.29, 1.82) is 0 Å². The van der Waals surface area contributed by atoms with Crippen molar-refractivity contribution in [1.82, 2.24) is 9.21 Å². The summed E-state index contributed by atoms with van der Waals surface area (Å²) in [6, 6.07) is 11.7. The summed E-state index contributed by atoms with van der Waals surface area (Å²) in [5, 5.41) is 0. The number of hydrogen-bond acceptors (Lipinski definition) is 4. The maximum atomic E-state index is 13.3. The van der Waals surface area contributed by atoms with Gasteiger partial charge in [0.05, 0.1) is 11.3 Å². The largest absolute Gasteiger partial charge is 0.340 e. The quantitative estimate of drug-likeness (QED) is 0.716. The van der Waals surface area contributed by atoms with Gasteiger partial charge in [0.25, 0.3) is 0 Å². The van der Waals surface area contributed by atoms with Crippen molar-refractivity contribution in [3.05, 3.63) is 65.5 Å². The normalized spacial score (nSPS) is 15.4. The van der Waals surface area contributed by atoms with Crippen LogP contribution in [0.2, 0.25) is 0 Å². The minimum atomic E-state index is -3.68. The van der Waals surface area contributed by atoms with Crippen molar-refractivity contribution in [2.24, 2.45) is 0 Å². The Kier molecular flexibility index (Phi) is 5.90. The van der Waals surface area contributed by atoms with Crippen molar-refractivity contribution in [3.8, 4) is 0 Å². The molecule has 1 heterocycles. The van der Waals surface area contributed by atoms with E-state index in [9.17, 15) is 22.4 Å². The van der Waals surface area contributed by atoms with Gasteiger partial charge in [0.1, 0.15) is 5.82 Å². The maximum Gasteiger partial charge on any atom is 0.243 e. The van der Waals surface area contributed by atoms with Gasteiger partial charge in [0.2, 0.25) is 15.9 Å². The van der Waals surface area contributed by atoms with Crippen LogP contribution in [-0.2, 0) is 21.2 Å². The first-order valence-corrected chi connectivity index (χ1v) is 10.3. The molecule has 1 amide bonds. The Morgan fingerprint density at radius 2 is 1.64 bits per heavy atom. The Balaban J connectivity index is 1.62. The lowest BCUT2D eigenvalue weighted by Gasteiger charge is -2.34. The van der Waals surface area contributed by atoms with Crippen molar-refractivity contribution in [3.63, 3.8) is 0 Å². The molecule has 1 fully saturated rings. The Hall–Kier alpha value is -2.58. The zero-order chi connectivity index (χ0) is 20.3. The van der Waals surface area contributed by atoms with E-state index in [1.807, 2.05) is 0 Å². The van der Waals surface area contributed by atoms with Gasteiger partial charge in [-0.15, -0.1) is 0 Å². The van der Waals surface area contributed by atoms with Gasteiger partial charge in [-0.25, -0.2) is 12.8 Å². The van der Waals surface area contributed by atoms with Crippen LogP contribution < -0.4 is 0 Å². The van der Waals surface area contributed by atoms with Gasteiger partial charge in [-0.3, -0.25) is 9.59 Å². The van der Waals surface area contributed by atoms with Crippen LogP contribution in [0, 0.1) is 5.82 Å². The molecule has 0 atom stereocenters. The minimum absolute atomic E-state index is 0.0804. The fraction of sp³-hybridized carbons (Fsp3) is 0.300. The number of ketones is 1. The van der Waals surface area contributed by atoms with Crippen LogP contribution in [0.25, 0.3) is 0 Å². The van der Waals surface area contributed by atoms with E-state index in [-0.39, 0.29) is 49.2 Å². The van der Waals surface area contributed by atoms with Gasteiger partial charge < -0.3 is 4.90 Å². The summed E-state index contributed by atoms with van der Waals surface area (Å²) in [7, 11) is -3.68. The highest BCUT2D eigenvalue weighted by atomic mass is 32.2. The van der Waals surface area contributed by atoms with Crippen LogP contribution in [0.15, 0.2) is 53.4 Å². The van der Waals surface area contributed by atoms with Gasteiger partial charge in [-0.2, -0.15) is 4.31 Å². The molecule has 0 bridgehead atoms. The van der Waals surface area contributed by atoms with E-state index in [0.29, 0.717) is 11.1 Å². The number of hydrogen-bond donors (Lipinski definition) is 0. The predicted octanol–water partition coefficient (Wildman–Crippen LogP) is 2.10. The van der Waals surface area contributed by atoms with Crippen LogP contribution in [-0.4, -0.2) is 55.5 Å². The Morgan fingerprint density at radius 1 is 1.00 bits per heavy atom. The lowest BCUT2D eigenvalue weighted by molar-refractivity contribution is -0.131. The monoisotopic (exact) mass is 404 g/mol. The molecule has 3 rings (SSSR count). The van der Waals surface area contributed by atoms with E-state index in [2.05, 4.69) is 0 Å². The van der Waals surface area contributed by atoms with E-state index < -0.39 is 15.8 Å². The highest BCUT2D eigenvalue weighted by Gasteiger charge is 2.30. The molecule has 0 unspecified atom stereocenters. The average molecular weight is 404 g/mol. The number of carbonyl (C=O) groups is 2. The molecule has 0 aliphatic carbocycles. The molecule has 0 spiro atoms. The van der Waals surface area contributed by atoms with Crippen LogP contribution in [0.1, 0.15) is 22.8 Å². The molecule has 0 N–H and O–H groups in total. The summed E-state index contributed by atoms with van der Waals surface area (Å²) in [4.78, 5) is 25.5. The fourth-order valence-corrected chi connectivity index (χ4v) is 4.54. The molecule has 1 aliphatic rings. The molecular weight excluding hydrogens is 383 g/mol. The second kappa shape index (κ2) is 8.20. The SMILES string of the molecule is CC(=O)c1ccc(S(=O)(=O)N2CCN(C(=O)Cc3cccc(F)c3)CC2)cc1. The summed E-state index contributed by atoms with van der Waals surface area (Å²) in [5.74, 6) is -0.681. The number of benzene rings is 2. The van der Waals surface area contributed by atoms with Gasteiger partial charge >= 0.3 is 0 Å². The number of carbonyl (C=O) groups excluding carboxylic acids is 2. The second-order valence-electron chi connectivity index (χ2n) is 6.67. The van der Waals surface area contributed by atoms with Crippen LogP contribution >= 0.6 is 0 Å². The van der Waals surface area contributed by atoms with Gasteiger partial charge in [-0.05, 0) is 36.8 Å². The molecule has 1 saturated heterocycles. The van der Waals surface area contributed by atoms with Gasteiger partial charge in [-0.1, -0.05) is 24.3 Å². The molecule has 0 saturated carbocycles. The summed E-state index contributed by atoms with van der Waals surface area (Å²) in [6.45, 7) is 2.35. The average Bonchev–Trinajstić information content (AvgIpc) is 2.68. The standard InChI is InChI=1S/C20H21FN2O4S/c1-15(24)17-5-7-19(8-6-17)28(26,27)23-11-9-22(10-12-23)20(25)14-16-3-2-4-18(21)13-16/h2-8,13H,9-12,14H2,1H3. The van der Waals surface area contributed by atoms with Crippen LogP contribution in [0.5, 0.6) is 0 Å². The number of piperazine rings is 1. The Bertz CT molecular complexity index is 982. The number of Topliss-reactive ketones (excluding diaryl/α,β-unsaturated/α-hetero) is 1. The van der Waals surface area contributed by atoms with E-state index in [1.165, 1.54) is 47.6 Å². The zero-order valence-corrected chi connectivity index (χ0v) is 16.3. The fourth-order valence-electron chi connectivity index (χ4n) is 3.12. The van der Waals surface area contributed by atoms with Crippen LogP contribution in [0.4, 0.5) is 4.39 Å². The molecule has 2 aromatic rings. The van der Waals surface area contributed by atoms with Crippen molar-refractivity contribution < 1.29 is 22.4 Å². The maximum absolute atomic E-state index is 13.3. The van der Waals surface area contributed by atoms with E-state index >= 15 is 0 Å². The lowest BCUT2D eigenvalue weighted by atomic mass is 10.1. The van der Waals surface area contributed by atoms with Crippen molar-refractivity contribution in [2.75, 3.05) is 26.2 Å². The van der Waals surface area contributed by atoms with E-state index in [0.717, 1.165) is 0 Å². The third-order valence-corrected chi connectivity index (χ3v) is 6.65. The highest BCUT2D eigenvalue weighted by Crippen LogP contribution is 2.19. The number of halogens is 1. The third-order valence-electron chi connectivity index (χ3n) is 4.73. The smallest absolute Gasteiger partial charge is 0.243 e. The predicted molar refractivity (Wildman–Crippen MR) is 102 cm³/mol. The molecule has 28 heavy (non-hydrogen) atoms. The summed E-state index contributed by atoms with van der Waals surface area (Å²) >= 11 is 0. The lowest BCUT2D eigenvalue weighted by Crippen LogP contribution is -2.50. The van der Waals surface area contributed by atoms with Gasteiger partial charge in [0, 0.05) is 31.7 Å². The summed E-state index contributed by atoms with van der Waals surface area (Å²) in [5.41, 5.74) is 1.04. The number of rotatable bonds is 5. The van der Waals surface area contributed by atoms with Crippen molar-refractivity contribution in [2.45, 2.75) is 18.2 Å². The Morgan fingerprint density at radius 3 is 2.21 bits per heavy atom. The van der Waals surface area contributed by atoms with E-state index in [1.54, 1.807) is 17.0 Å². The molecule has 148 valence electrons. The summed E-state index contributed by atoms with van der Waals surface area (Å²) in [6.07, 6.45) is 0.0804. The molecule has 1 aliphatic heterocycles. The topological polar surface area (TPSA) is 74.8 Å². The Labute approximate surface area is 163 Å². The number of sulfonamides is 1. The first kappa shape index (κ1) is 20.2. The molecule has 0 aromatic heterocycles. The first-order chi connectivity index (χ1) is 13.3. The number of amides is 1. The molecule has 6 nitrogen and oxygen atoms in total. The van der Waals surface area contributed by atoms with Crippen LogP contribution in [0.3, 0.4) is 0 Å². The van der Waals surface area contributed by atoms with Crippen molar-refractivity contribution >= 4 is 21.7 Å². The second-order valence-corrected chi connectivity index (χ2v) is 8.61. The summed E-state index contributed by atoms with van der Waals surface area (Å²) < 4.78 is 40.1. The first-order valence-electron chi connectivity index (χ1n) is 8.91. The molecule has 0 radical (unpaired) electrons. The van der Waals surface area contributed by atoms with Gasteiger partial charge in [0.15, 0.2) is 5.78 Å². The molecule has 8 heteroatoms.